The Morgan fingerprint density at radius 2 is 1.88 bits per heavy atom. The molecule has 0 saturated carbocycles. The summed E-state index contributed by atoms with van der Waals surface area (Å²) in [5.41, 5.74) is 0.390. The topological polar surface area (TPSA) is 113 Å². The Morgan fingerprint density at radius 3 is 2.50 bits per heavy atom. The van der Waals surface area contributed by atoms with Crippen LogP contribution in [0.15, 0.2) is 41.6 Å². The Hall–Kier alpha value is -2.46. The maximum absolute atomic E-state index is 13.1. The van der Waals surface area contributed by atoms with Crippen LogP contribution in [0.2, 0.25) is 15.1 Å². The smallest absolute Gasteiger partial charge is 0.345 e. The number of benzene rings is 2. The first-order valence-corrected chi connectivity index (χ1v) is 11.6. The second-order valence-corrected chi connectivity index (χ2v) is 9.91. The molecular formula is C20H17Cl3N2O6S. The van der Waals surface area contributed by atoms with Crippen molar-refractivity contribution in [1.29, 1.82) is 0 Å². The van der Waals surface area contributed by atoms with Gasteiger partial charge in [-0.15, -0.1) is 0 Å². The zero-order chi connectivity index (χ0) is 23.8. The van der Waals surface area contributed by atoms with Crippen molar-refractivity contribution in [2.45, 2.75) is 17.4 Å². The number of hydrogen-bond acceptors (Lipinski definition) is 6. The molecule has 0 aromatic heterocycles. The van der Waals surface area contributed by atoms with Crippen molar-refractivity contribution in [3.8, 4) is 5.75 Å². The van der Waals surface area contributed by atoms with Crippen LogP contribution < -0.4 is 9.46 Å². The molecule has 0 amide bonds. The Kier molecular flexibility index (Phi) is 6.94. The number of aliphatic carboxylic acids is 1. The molecular weight excluding hydrogens is 503 g/mol. The zero-order valence-corrected chi connectivity index (χ0v) is 19.8. The van der Waals surface area contributed by atoms with Crippen LogP contribution in [0, 0.1) is 0 Å². The zero-order valence-electron chi connectivity index (χ0n) is 16.7. The highest BCUT2D eigenvalue weighted by Crippen LogP contribution is 2.43. The molecule has 2 aromatic rings. The van der Waals surface area contributed by atoms with E-state index in [-0.39, 0.29) is 43.3 Å². The van der Waals surface area contributed by atoms with Gasteiger partial charge >= 0.3 is 5.97 Å². The molecule has 1 heterocycles. The van der Waals surface area contributed by atoms with Crippen molar-refractivity contribution < 1.29 is 27.9 Å². The average Bonchev–Trinajstić information content (AvgIpc) is 3.15. The van der Waals surface area contributed by atoms with Gasteiger partial charge in [-0.1, -0.05) is 34.8 Å². The van der Waals surface area contributed by atoms with E-state index in [1.807, 2.05) is 0 Å². The summed E-state index contributed by atoms with van der Waals surface area (Å²) >= 11 is 18.5. The van der Waals surface area contributed by atoms with Crippen molar-refractivity contribution >= 4 is 56.6 Å². The van der Waals surface area contributed by atoms with Gasteiger partial charge in [-0.25, -0.2) is 13.2 Å². The Morgan fingerprint density at radius 1 is 1.19 bits per heavy atom. The Balaban J connectivity index is 2.00. The van der Waals surface area contributed by atoms with Crippen LogP contribution in [0.5, 0.6) is 5.75 Å². The maximum Gasteiger partial charge on any atom is 0.345 e. The molecule has 1 unspecified atom stereocenters. The molecule has 0 spiro atoms. The monoisotopic (exact) mass is 518 g/mol. The minimum atomic E-state index is -4.06. The van der Waals surface area contributed by atoms with Gasteiger partial charge in [0.1, 0.15) is 15.7 Å². The van der Waals surface area contributed by atoms with E-state index < -0.39 is 27.9 Å². The van der Waals surface area contributed by atoms with E-state index in [0.29, 0.717) is 5.56 Å². The molecule has 8 nitrogen and oxygen atoms in total. The summed E-state index contributed by atoms with van der Waals surface area (Å²) in [7, 11) is -0.632. The van der Waals surface area contributed by atoms with Crippen LogP contribution in [-0.2, 0) is 21.2 Å². The van der Waals surface area contributed by atoms with Crippen molar-refractivity contribution in [2.24, 2.45) is 0 Å². The lowest BCUT2D eigenvalue weighted by Gasteiger charge is -2.12. The Bertz CT molecular complexity index is 1240. The molecule has 0 aliphatic carbocycles. The van der Waals surface area contributed by atoms with E-state index >= 15 is 0 Å². The highest BCUT2D eigenvalue weighted by atomic mass is 35.5. The van der Waals surface area contributed by atoms with Crippen LogP contribution in [0.25, 0.3) is 0 Å². The van der Waals surface area contributed by atoms with Gasteiger partial charge in [0.15, 0.2) is 11.9 Å². The number of carbonyl (C=O) groups is 2. The fourth-order valence-electron chi connectivity index (χ4n) is 2.97. The highest BCUT2D eigenvalue weighted by Gasteiger charge is 2.33. The predicted octanol–water partition coefficient (Wildman–Crippen LogP) is 3.58. The molecule has 0 saturated heterocycles. The minimum Gasteiger partial charge on any atom is -0.478 e. The van der Waals surface area contributed by atoms with E-state index in [0.717, 1.165) is 6.07 Å². The van der Waals surface area contributed by atoms with Gasteiger partial charge in [0, 0.05) is 49.6 Å². The van der Waals surface area contributed by atoms with Gasteiger partial charge in [-0.05, 0) is 24.3 Å². The summed E-state index contributed by atoms with van der Waals surface area (Å²) in [5.74, 6) is -1.68. The van der Waals surface area contributed by atoms with E-state index in [9.17, 15) is 23.1 Å². The van der Waals surface area contributed by atoms with E-state index in [4.69, 9.17) is 39.5 Å². The quantitative estimate of drug-likeness (QED) is 0.538. The van der Waals surface area contributed by atoms with Crippen LogP contribution in [-0.4, -0.2) is 50.4 Å². The van der Waals surface area contributed by atoms with Gasteiger partial charge in [0.25, 0.3) is 10.0 Å². The molecule has 170 valence electrons. The van der Waals surface area contributed by atoms with Gasteiger partial charge in [-0.2, -0.15) is 0 Å². The molecule has 1 aliphatic rings. The number of carboxylic acid groups (broad SMARTS) is 1. The lowest BCUT2D eigenvalue weighted by Crippen LogP contribution is -2.24. The first kappa shape index (κ1) is 24.2. The molecule has 2 N–H and O–H groups in total. The van der Waals surface area contributed by atoms with E-state index in [1.54, 1.807) is 19.0 Å². The molecule has 3 rings (SSSR count). The fraction of sp³-hybridized carbons (Fsp3) is 0.200. The summed E-state index contributed by atoms with van der Waals surface area (Å²) in [5, 5.41) is 8.87. The molecule has 1 aliphatic heterocycles. The van der Waals surface area contributed by atoms with Gasteiger partial charge in [-0.3, -0.25) is 9.52 Å². The summed E-state index contributed by atoms with van der Waals surface area (Å²) in [6, 6.07) is 5.17. The molecule has 2 aromatic carbocycles. The summed E-state index contributed by atoms with van der Waals surface area (Å²) in [6.45, 7) is 0. The van der Waals surface area contributed by atoms with Crippen molar-refractivity contribution in [3.63, 3.8) is 0 Å². The predicted molar refractivity (Wildman–Crippen MR) is 120 cm³/mol. The third-order valence-corrected chi connectivity index (χ3v) is 7.16. The fourth-order valence-corrected chi connectivity index (χ4v) is 4.86. The van der Waals surface area contributed by atoms with Gasteiger partial charge in [0.05, 0.1) is 10.0 Å². The number of nitrogens with zero attached hydrogens (tertiary/aromatic N) is 1. The van der Waals surface area contributed by atoms with Crippen LogP contribution in [0.3, 0.4) is 0 Å². The maximum atomic E-state index is 13.1. The van der Waals surface area contributed by atoms with Crippen molar-refractivity contribution in [3.05, 3.63) is 68.4 Å². The number of hydrogen-bond donors (Lipinski definition) is 2. The van der Waals surface area contributed by atoms with Crippen molar-refractivity contribution in [1.82, 2.24) is 9.62 Å². The lowest BCUT2D eigenvalue weighted by atomic mass is 9.99. The summed E-state index contributed by atoms with van der Waals surface area (Å²) in [6.07, 6.45) is 1.57. The molecule has 12 heteroatoms. The Labute approximate surface area is 199 Å². The number of carbonyl (C=O) groups excluding carboxylic acids is 1. The van der Waals surface area contributed by atoms with Crippen molar-refractivity contribution in [2.75, 3.05) is 14.1 Å². The minimum absolute atomic E-state index is 0.00187. The number of rotatable bonds is 7. The van der Waals surface area contributed by atoms with Gasteiger partial charge in [0.2, 0.25) is 0 Å². The highest BCUT2D eigenvalue weighted by molar-refractivity contribution is 7.89. The SMILES string of the molecule is CN(C)C=CNS(=O)(=O)c1cc(C(=O)c2cc3c(c(Cl)c2Cl)OC(C(=O)O)C3)ccc1Cl. The first-order valence-electron chi connectivity index (χ1n) is 9.02. The number of carboxylic acids is 1. The standard InChI is InChI=1S/C20H17Cl3N2O6S/c1-25(2)6-5-24-32(29,30)15-9-10(3-4-13(15)21)18(26)12-7-11-8-14(20(27)28)31-19(11)17(23)16(12)22/h3-7,9,14,24H,8H2,1-2H3,(H,27,28). The third kappa shape index (κ3) is 4.80. The average molecular weight is 520 g/mol. The second-order valence-electron chi connectivity index (χ2n) is 7.06. The molecule has 0 radical (unpaired) electrons. The van der Waals surface area contributed by atoms with Crippen LogP contribution >= 0.6 is 34.8 Å². The number of sulfonamides is 1. The van der Waals surface area contributed by atoms with Gasteiger partial charge < -0.3 is 14.7 Å². The van der Waals surface area contributed by atoms with Crippen LogP contribution in [0.4, 0.5) is 0 Å². The first-order chi connectivity index (χ1) is 14.9. The number of ether oxygens (including phenoxy) is 1. The van der Waals surface area contributed by atoms with Crippen LogP contribution in [0.1, 0.15) is 21.5 Å². The van der Waals surface area contributed by atoms with E-state index in [1.165, 1.54) is 30.6 Å². The molecule has 1 atom stereocenters. The number of nitrogens with one attached hydrogen (secondary N) is 1. The molecule has 0 bridgehead atoms. The number of ketones is 1. The largest absolute Gasteiger partial charge is 0.478 e. The van der Waals surface area contributed by atoms with E-state index in [2.05, 4.69) is 4.72 Å². The third-order valence-electron chi connectivity index (χ3n) is 4.50. The molecule has 32 heavy (non-hydrogen) atoms. The normalized spacial score (nSPS) is 15.3. The molecule has 0 fully saturated rings. The lowest BCUT2D eigenvalue weighted by molar-refractivity contribution is -0.144. The second kappa shape index (κ2) is 9.19. The summed E-state index contributed by atoms with van der Waals surface area (Å²) < 4.78 is 32.8. The number of halogens is 3. The summed E-state index contributed by atoms with van der Waals surface area (Å²) in [4.78, 5) is 25.7. The number of fused-ring (bicyclic) bond motifs is 1.